The first-order valence-corrected chi connectivity index (χ1v) is 11.0. The van der Waals surface area contributed by atoms with Gasteiger partial charge in [0.2, 0.25) is 15.9 Å². The Bertz CT molecular complexity index is 895. The molecule has 1 N–H and O–H groups in total. The van der Waals surface area contributed by atoms with Gasteiger partial charge in [0.05, 0.1) is 25.1 Å². The van der Waals surface area contributed by atoms with E-state index < -0.39 is 10.0 Å². The molecule has 0 heterocycles. The maximum absolute atomic E-state index is 12.3. The summed E-state index contributed by atoms with van der Waals surface area (Å²) in [6.07, 6.45) is 1.83. The first-order chi connectivity index (χ1) is 13.2. The van der Waals surface area contributed by atoms with E-state index in [4.69, 9.17) is 4.74 Å². The minimum atomic E-state index is -3.45. The van der Waals surface area contributed by atoms with Crippen molar-refractivity contribution in [2.24, 2.45) is 0 Å². The van der Waals surface area contributed by atoms with Crippen molar-refractivity contribution in [3.63, 3.8) is 0 Å². The number of carbonyl (C=O) groups is 1. The Kier molecular flexibility index (Phi) is 7.45. The van der Waals surface area contributed by atoms with Gasteiger partial charge < -0.3 is 10.1 Å². The highest BCUT2D eigenvalue weighted by atomic mass is 32.2. The largest absolute Gasteiger partial charge is 0.497 e. The van der Waals surface area contributed by atoms with Gasteiger partial charge in [-0.25, -0.2) is 8.42 Å². The monoisotopic (exact) mass is 404 g/mol. The van der Waals surface area contributed by atoms with E-state index in [1.54, 1.807) is 31.4 Å². The van der Waals surface area contributed by atoms with Gasteiger partial charge in [-0.2, -0.15) is 0 Å². The summed E-state index contributed by atoms with van der Waals surface area (Å²) in [6, 6.07) is 14.6. The molecule has 152 valence electrons. The molecule has 0 radical (unpaired) electrons. The van der Waals surface area contributed by atoms with Crippen LogP contribution in [0.25, 0.3) is 0 Å². The summed E-state index contributed by atoms with van der Waals surface area (Å²) in [5.74, 6) is 0.556. The number of sulfonamides is 1. The third-order valence-electron chi connectivity index (χ3n) is 4.56. The summed E-state index contributed by atoms with van der Waals surface area (Å²) < 4.78 is 30.7. The Morgan fingerprint density at radius 2 is 1.79 bits per heavy atom. The molecule has 1 atom stereocenters. The lowest BCUT2D eigenvalue weighted by molar-refractivity contribution is -0.121. The van der Waals surface area contributed by atoms with E-state index in [1.807, 2.05) is 38.1 Å². The number of carbonyl (C=O) groups excluding carboxylic acids is 1. The Morgan fingerprint density at radius 3 is 2.36 bits per heavy atom. The SMILES string of the molecule is COc1ccc(N(CCCC(=O)NC(C)c2ccccc2C)S(C)(=O)=O)cc1. The topological polar surface area (TPSA) is 75.7 Å². The summed E-state index contributed by atoms with van der Waals surface area (Å²) in [4.78, 5) is 12.3. The maximum Gasteiger partial charge on any atom is 0.232 e. The molecule has 2 aromatic rings. The fourth-order valence-electron chi connectivity index (χ4n) is 3.08. The second kappa shape index (κ2) is 9.59. The number of nitrogens with one attached hydrogen (secondary N) is 1. The van der Waals surface area contributed by atoms with Crippen LogP contribution >= 0.6 is 0 Å². The van der Waals surface area contributed by atoms with E-state index in [1.165, 1.54) is 4.31 Å². The molecule has 1 amide bonds. The van der Waals surface area contributed by atoms with Gasteiger partial charge in [0, 0.05) is 13.0 Å². The predicted molar refractivity (Wildman–Crippen MR) is 112 cm³/mol. The quantitative estimate of drug-likeness (QED) is 0.695. The van der Waals surface area contributed by atoms with Crippen molar-refractivity contribution in [3.05, 3.63) is 59.7 Å². The lowest BCUT2D eigenvalue weighted by Crippen LogP contribution is -2.32. The molecule has 0 saturated heterocycles. The van der Waals surface area contributed by atoms with Crippen LogP contribution in [0.1, 0.15) is 36.9 Å². The van der Waals surface area contributed by atoms with E-state index in [9.17, 15) is 13.2 Å². The molecule has 0 aliphatic heterocycles. The molecule has 2 rings (SSSR count). The third-order valence-corrected chi connectivity index (χ3v) is 5.75. The number of rotatable bonds is 9. The molecule has 7 heteroatoms. The van der Waals surface area contributed by atoms with Crippen molar-refractivity contribution in [2.75, 3.05) is 24.2 Å². The minimum absolute atomic E-state index is 0.0960. The fraction of sp³-hybridized carbons (Fsp3) is 0.381. The van der Waals surface area contributed by atoms with E-state index in [2.05, 4.69) is 5.32 Å². The van der Waals surface area contributed by atoms with Gasteiger partial charge >= 0.3 is 0 Å². The summed E-state index contributed by atoms with van der Waals surface area (Å²) in [6.45, 7) is 4.19. The predicted octanol–water partition coefficient (Wildman–Crippen LogP) is 3.43. The van der Waals surface area contributed by atoms with E-state index in [-0.39, 0.29) is 24.9 Å². The van der Waals surface area contributed by atoms with Gasteiger partial charge in [0.25, 0.3) is 0 Å². The third kappa shape index (κ3) is 5.99. The van der Waals surface area contributed by atoms with E-state index in [0.29, 0.717) is 17.9 Å². The zero-order valence-corrected chi connectivity index (χ0v) is 17.6. The Morgan fingerprint density at radius 1 is 1.14 bits per heavy atom. The summed E-state index contributed by atoms with van der Waals surface area (Å²) in [5.41, 5.74) is 2.75. The number of methoxy groups -OCH3 is 1. The second-order valence-electron chi connectivity index (χ2n) is 6.78. The van der Waals surface area contributed by atoms with Crippen LogP contribution in [0.2, 0.25) is 0 Å². The van der Waals surface area contributed by atoms with Crippen LogP contribution in [0.5, 0.6) is 5.75 Å². The van der Waals surface area contributed by atoms with Crippen molar-refractivity contribution in [2.45, 2.75) is 32.7 Å². The number of benzene rings is 2. The second-order valence-corrected chi connectivity index (χ2v) is 8.69. The number of hydrogen-bond acceptors (Lipinski definition) is 4. The number of amides is 1. The van der Waals surface area contributed by atoms with Crippen molar-refractivity contribution < 1.29 is 17.9 Å². The summed E-state index contributed by atoms with van der Waals surface area (Å²) >= 11 is 0. The zero-order valence-electron chi connectivity index (χ0n) is 16.8. The molecular weight excluding hydrogens is 376 g/mol. The van der Waals surface area contributed by atoms with Crippen molar-refractivity contribution >= 4 is 21.6 Å². The fourth-order valence-corrected chi connectivity index (χ4v) is 4.05. The molecule has 1 unspecified atom stereocenters. The Hall–Kier alpha value is -2.54. The van der Waals surface area contributed by atoms with Gasteiger partial charge in [-0.05, 0) is 55.7 Å². The van der Waals surface area contributed by atoms with Gasteiger partial charge in [0.15, 0.2) is 0 Å². The van der Waals surface area contributed by atoms with Crippen molar-refractivity contribution in [3.8, 4) is 5.75 Å². The number of anilines is 1. The Balaban J connectivity index is 1.94. The highest BCUT2D eigenvalue weighted by molar-refractivity contribution is 7.92. The highest BCUT2D eigenvalue weighted by Gasteiger charge is 2.18. The van der Waals surface area contributed by atoms with Crippen LogP contribution in [0, 0.1) is 6.92 Å². The molecule has 0 aliphatic rings. The molecule has 6 nitrogen and oxygen atoms in total. The molecule has 0 fully saturated rings. The number of hydrogen-bond donors (Lipinski definition) is 1. The number of aryl methyl sites for hydroxylation is 1. The summed E-state index contributed by atoms with van der Waals surface area (Å²) in [7, 11) is -1.89. The average Bonchev–Trinajstić information content (AvgIpc) is 2.64. The molecule has 2 aromatic carbocycles. The van der Waals surface area contributed by atoms with Crippen molar-refractivity contribution in [1.29, 1.82) is 0 Å². The molecule has 0 aliphatic carbocycles. The molecule has 28 heavy (non-hydrogen) atoms. The van der Waals surface area contributed by atoms with Crippen LogP contribution < -0.4 is 14.4 Å². The van der Waals surface area contributed by atoms with E-state index in [0.717, 1.165) is 17.4 Å². The molecule has 0 spiro atoms. The van der Waals surface area contributed by atoms with Crippen LogP contribution in [0.15, 0.2) is 48.5 Å². The Labute approximate surface area is 167 Å². The van der Waals surface area contributed by atoms with E-state index >= 15 is 0 Å². The standard InChI is InChI=1S/C21H28N2O4S/c1-16-8-5-6-9-20(16)17(2)22-21(24)10-7-15-23(28(4,25)26)18-11-13-19(27-3)14-12-18/h5-6,8-9,11-14,17H,7,10,15H2,1-4H3,(H,22,24). The summed E-state index contributed by atoms with van der Waals surface area (Å²) in [5, 5.41) is 2.98. The van der Waals surface area contributed by atoms with Crippen LogP contribution in [-0.4, -0.2) is 34.2 Å². The zero-order chi connectivity index (χ0) is 20.7. The lowest BCUT2D eigenvalue weighted by Gasteiger charge is -2.23. The lowest BCUT2D eigenvalue weighted by atomic mass is 10.0. The molecule has 0 aromatic heterocycles. The van der Waals surface area contributed by atoms with Gasteiger partial charge in [-0.3, -0.25) is 9.10 Å². The van der Waals surface area contributed by atoms with Crippen LogP contribution in [0.3, 0.4) is 0 Å². The number of nitrogens with zero attached hydrogens (tertiary/aromatic N) is 1. The highest BCUT2D eigenvalue weighted by Crippen LogP contribution is 2.22. The minimum Gasteiger partial charge on any atom is -0.497 e. The van der Waals surface area contributed by atoms with Gasteiger partial charge in [-0.1, -0.05) is 24.3 Å². The smallest absolute Gasteiger partial charge is 0.232 e. The molecule has 0 bridgehead atoms. The molecule has 0 saturated carbocycles. The molecular formula is C21H28N2O4S. The van der Waals surface area contributed by atoms with Gasteiger partial charge in [0.1, 0.15) is 5.75 Å². The van der Waals surface area contributed by atoms with Gasteiger partial charge in [-0.15, -0.1) is 0 Å². The van der Waals surface area contributed by atoms with Crippen molar-refractivity contribution in [1.82, 2.24) is 5.32 Å². The maximum atomic E-state index is 12.3. The normalized spacial score (nSPS) is 12.3. The average molecular weight is 405 g/mol. The first kappa shape index (κ1) is 21.8. The number of ether oxygens (including phenoxy) is 1. The first-order valence-electron chi connectivity index (χ1n) is 9.19. The van der Waals surface area contributed by atoms with Crippen LogP contribution in [-0.2, 0) is 14.8 Å². The van der Waals surface area contributed by atoms with Crippen LogP contribution in [0.4, 0.5) is 5.69 Å².